The van der Waals surface area contributed by atoms with Crippen LogP contribution in [0.2, 0.25) is 0 Å². The monoisotopic (exact) mass is 256 g/mol. The van der Waals surface area contributed by atoms with Crippen LogP contribution in [-0.2, 0) is 9.59 Å². The van der Waals surface area contributed by atoms with E-state index in [0.29, 0.717) is 24.8 Å². The van der Waals surface area contributed by atoms with E-state index < -0.39 is 5.97 Å². The van der Waals surface area contributed by atoms with Crippen molar-refractivity contribution in [2.75, 3.05) is 19.6 Å². The number of aliphatic carboxylic acids is 1. The molecule has 0 bridgehead atoms. The molecule has 1 fully saturated rings. The summed E-state index contributed by atoms with van der Waals surface area (Å²) in [5, 5.41) is 14.8. The molecule has 0 aromatic carbocycles. The van der Waals surface area contributed by atoms with Gasteiger partial charge in [-0.2, -0.15) is 0 Å². The third-order valence-corrected chi connectivity index (χ3v) is 3.20. The minimum atomic E-state index is -0.793. The van der Waals surface area contributed by atoms with Gasteiger partial charge in [-0.1, -0.05) is 13.8 Å². The molecule has 0 radical (unpaired) electrons. The second-order valence-electron chi connectivity index (χ2n) is 5.63. The molecule has 3 N–H and O–H groups in total. The highest BCUT2D eigenvalue weighted by Crippen LogP contribution is 2.15. The first-order valence-corrected chi connectivity index (χ1v) is 6.66. The third kappa shape index (κ3) is 6.00. The molecule has 1 saturated heterocycles. The maximum atomic E-state index is 11.6. The fourth-order valence-corrected chi connectivity index (χ4v) is 2.24. The van der Waals surface area contributed by atoms with Crippen molar-refractivity contribution in [2.24, 2.45) is 17.8 Å². The summed E-state index contributed by atoms with van der Waals surface area (Å²) < 4.78 is 0. The topological polar surface area (TPSA) is 78.4 Å². The Morgan fingerprint density at radius 3 is 2.50 bits per heavy atom. The minimum Gasteiger partial charge on any atom is -0.481 e. The van der Waals surface area contributed by atoms with Crippen molar-refractivity contribution in [3.05, 3.63) is 0 Å². The number of rotatable bonds is 8. The quantitative estimate of drug-likeness (QED) is 0.601. The maximum absolute atomic E-state index is 11.6. The van der Waals surface area contributed by atoms with Crippen LogP contribution in [0.15, 0.2) is 0 Å². The van der Waals surface area contributed by atoms with Gasteiger partial charge in [-0.05, 0) is 37.3 Å². The Hall–Kier alpha value is -1.10. The second-order valence-corrected chi connectivity index (χ2v) is 5.63. The van der Waals surface area contributed by atoms with Crippen LogP contribution in [0.4, 0.5) is 0 Å². The Morgan fingerprint density at radius 2 is 2.06 bits per heavy atom. The predicted octanol–water partition coefficient (Wildman–Crippen LogP) is 0.849. The van der Waals surface area contributed by atoms with Crippen LogP contribution < -0.4 is 10.6 Å². The van der Waals surface area contributed by atoms with Gasteiger partial charge < -0.3 is 15.7 Å². The molecular weight excluding hydrogens is 232 g/mol. The third-order valence-electron chi connectivity index (χ3n) is 3.20. The van der Waals surface area contributed by atoms with Crippen LogP contribution in [0.5, 0.6) is 0 Å². The van der Waals surface area contributed by atoms with Gasteiger partial charge in [0, 0.05) is 19.4 Å². The van der Waals surface area contributed by atoms with E-state index in [9.17, 15) is 9.59 Å². The normalized spacial score (nSPS) is 17.3. The number of hydrogen-bond acceptors (Lipinski definition) is 3. The largest absolute Gasteiger partial charge is 0.481 e. The van der Waals surface area contributed by atoms with Crippen LogP contribution in [0.25, 0.3) is 0 Å². The molecule has 5 heteroatoms. The Bertz CT molecular complexity index is 288. The molecule has 1 unspecified atom stereocenters. The number of nitrogens with one attached hydrogen (secondary N) is 2. The van der Waals surface area contributed by atoms with Crippen LogP contribution >= 0.6 is 0 Å². The summed E-state index contributed by atoms with van der Waals surface area (Å²) in [6, 6.07) is 0. The number of carbonyl (C=O) groups is 2. The lowest BCUT2D eigenvalue weighted by molar-refractivity contribution is -0.138. The first-order valence-electron chi connectivity index (χ1n) is 6.66. The average molecular weight is 256 g/mol. The smallest absolute Gasteiger partial charge is 0.303 e. The molecule has 104 valence electrons. The summed E-state index contributed by atoms with van der Waals surface area (Å²) in [6.45, 7) is 6.44. The first-order chi connectivity index (χ1) is 8.47. The maximum Gasteiger partial charge on any atom is 0.303 e. The second kappa shape index (κ2) is 7.36. The molecule has 1 aliphatic heterocycles. The van der Waals surface area contributed by atoms with E-state index in [2.05, 4.69) is 24.5 Å². The van der Waals surface area contributed by atoms with Crippen LogP contribution in [0.1, 0.15) is 33.1 Å². The summed E-state index contributed by atoms with van der Waals surface area (Å²) >= 11 is 0. The van der Waals surface area contributed by atoms with Gasteiger partial charge in [-0.25, -0.2) is 0 Å². The molecule has 0 saturated carbocycles. The van der Waals surface area contributed by atoms with Crippen molar-refractivity contribution in [1.29, 1.82) is 0 Å². The molecule has 1 rings (SSSR count). The zero-order valence-electron chi connectivity index (χ0n) is 11.2. The average Bonchev–Trinajstić information content (AvgIpc) is 2.18. The highest BCUT2D eigenvalue weighted by atomic mass is 16.4. The number of carbonyl (C=O) groups excluding carboxylic acids is 1. The van der Waals surface area contributed by atoms with Gasteiger partial charge in [0.1, 0.15) is 0 Å². The summed E-state index contributed by atoms with van der Waals surface area (Å²) in [5.41, 5.74) is 0. The predicted molar refractivity (Wildman–Crippen MR) is 69.2 cm³/mol. The van der Waals surface area contributed by atoms with Crippen molar-refractivity contribution in [2.45, 2.75) is 33.1 Å². The zero-order chi connectivity index (χ0) is 13.5. The van der Waals surface area contributed by atoms with Gasteiger partial charge in [0.25, 0.3) is 0 Å². The molecule has 0 aliphatic carbocycles. The molecule has 18 heavy (non-hydrogen) atoms. The highest BCUT2D eigenvalue weighted by molar-refractivity contribution is 5.76. The summed E-state index contributed by atoms with van der Waals surface area (Å²) in [5.74, 6) is 0.180. The number of hydrogen-bond donors (Lipinski definition) is 3. The molecule has 1 atom stereocenters. The Morgan fingerprint density at radius 1 is 1.39 bits per heavy atom. The highest BCUT2D eigenvalue weighted by Gasteiger charge is 2.21. The lowest BCUT2D eigenvalue weighted by Gasteiger charge is -2.26. The fraction of sp³-hybridized carbons (Fsp3) is 0.846. The molecule has 0 spiro atoms. The van der Waals surface area contributed by atoms with E-state index in [1.807, 2.05) is 0 Å². The van der Waals surface area contributed by atoms with Crippen LogP contribution in [0.3, 0.4) is 0 Å². The standard InChI is InChI=1S/C13H24N2O3/c1-9(2)3-10(5-13(17)18)8-15-12(16)4-11-6-14-7-11/h9-11,14H,3-8H2,1-2H3,(H,15,16)(H,17,18). The number of amides is 1. The van der Waals surface area contributed by atoms with Crippen molar-refractivity contribution in [3.8, 4) is 0 Å². The van der Waals surface area contributed by atoms with E-state index in [1.54, 1.807) is 0 Å². The minimum absolute atomic E-state index is 0.0333. The van der Waals surface area contributed by atoms with Gasteiger partial charge >= 0.3 is 5.97 Å². The van der Waals surface area contributed by atoms with Gasteiger partial charge in [0.15, 0.2) is 0 Å². The summed E-state index contributed by atoms with van der Waals surface area (Å²) in [6.07, 6.45) is 1.51. The van der Waals surface area contributed by atoms with E-state index >= 15 is 0 Å². The zero-order valence-corrected chi connectivity index (χ0v) is 11.2. The molecule has 1 heterocycles. The van der Waals surface area contributed by atoms with E-state index in [4.69, 9.17) is 5.11 Å². The van der Waals surface area contributed by atoms with Gasteiger partial charge in [-0.15, -0.1) is 0 Å². The lowest BCUT2D eigenvalue weighted by atomic mass is 9.93. The van der Waals surface area contributed by atoms with E-state index in [0.717, 1.165) is 19.5 Å². The Balaban J connectivity index is 2.25. The fourth-order valence-electron chi connectivity index (χ4n) is 2.24. The van der Waals surface area contributed by atoms with Crippen molar-refractivity contribution in [3.63, 3.8) is 0 Å². The van der Waals surface area contributed by atoms with Crippen LogP contribution in [0, 0.1) is 17.8 Å². The molecule has 0 aromatic heterocycles. The molecule has 1 amide bonds. The van der Waals surface area contributed by atoms with Crippen molar-refractivity contribution >= 4 is 11.9 Å². The van der Waals surface area contributed by atoms with E-state index in [-0.39, 0.29) is 18.2 Å². The Labute approximate surface area is 108 Å². The summed E-state index contributed by atoms with van der Waals surface area (Å²) in [4.78, 5) is 22.4. The van der Waals surface area contributed by atoms with Gasteiger partial charge in [-0.3, -0.25) is 9.59 Å². The number of carboxylic acid groups (broad SMARTS) is 1. The summed E-state index contributed by atoms with van der Waals surface area (Å²) in [7, 11) is 0. The SMILES string of the molecule is CC(C)CC(CNC(=O)CC1CNC1)CC(=O)O. The van der Waals surface area contributed by atoms with Crippen molar-refractivity contribution in [1.82, 2.24) is 10.6 Å². The van der Waals surface area contributed by atoms with Gasteiger partial charge in [0.05, 0.1) is 0 Å². The van der Waals surface area contributed by atoms with E-state index in [1.165, 1.54) is 0 Å². The molecular formula is C13H24N2O3. The Kier molecular flexibility index (Phi) is 6.12. The van der Waals surface area contributed by atoms with Crippen LogP contribution in [-0.4, -0.2) is 36.6 Å². The molecule has 1 aliphatic rings. The first kappa shape index (κ1) is 15.0. The van der Waals surface area contributed by atoms with Crippen molar-refractivity contribution < 1.29 is 14.7 Å². The lowest BCUT2D eigenvalue weighted by Crippen LogP contribution is -2.45. The van der Waals surface area contributed by atoms with Gasteiger partial charge in [0.2, 0.25) is 5.91 Å². The number of carboxylic acids is 1. The molecule has 0 aromatic rings. The molecule has 5 nitrogen and oxygen atoms in total.